The van der Waals surface area contributed by atoms with Gasteiger partial charge in [-0.25, -0.2) is 14.3 Å². The Morgan fingerprint density at radius 3 is 2.39 bits per heavy atom. The zero-order valence-electron chi connectivity index (χ0n) is 23.7. The molecule has 0 aliphatic rings. The molecule has 41 heavy (non-hydrogen) atoms. The predicted molar refractivity (Wildman–Crippen MR) is 185 cm³/mol. The summed E-state index contributed by atoms with van der Waals surface area (Å²) in [4.78, 5) is 33.6. The first-order valence-electron chi connectivity index (χ1n) is 13.1. The Labute approximate surface area is 264 Å². The van der Waals surface area contributed by atoms with E-state index in [2.05, 4.69) is 49.3 Å². The molecule has 2 aromatic heterocycles. The Balaban J connectivity index is 1.67. The summed E-state index contributed by atoms with van der Waals surface area (Å²) in [7, 11) is -1.09. The second-order valence-electron chi connectivity index (χ2n) is 10.2. The van der Waals surface area contributed by atoms with Crippen LogP contribution >= 0.6 is 51.6 Å². The van der Waals surface area contributed by atoms with Crippen LogP contribution in [0.25, 0.3) is 17.0 Å². The Bertz CT molecular complexity index is 1560. The van der Waals surface area contributed by atoms with E-state index in [-0.39, 0.29) is 17.2 Å². The number of benzene rings is 2. The van der Waals surface area contributed by atoms with Crippen LogP contribution in [-0.4, -0.2) is 68.7 Å². The Hall–Kier alpha value is -2.41. The molecular formula is C29H35Cl2IN6O2S. The lowest BCUT2D eigenvalue weighted by molar-refractivity contribution is -0.115. The van der Waals surface area contributed by atoms with E-state index in [0.717, 1.165) is 22.3 Å². The lowest BCUT2D eigenvalue weighted by atomic mass is 10.1. The van der Waals surface area contributed by atoms with Crippen LogP contribution in [-0.2, 0) is 4.79 Å². The highest BCUT2D eigenvalue weighted by Gasteiger charge is 2.25. The zero-order valence-corrected chi connectivity index (χ0v) is 28.2. The molecule has 12 heteroatoms. The molecule has 0 saturated carbocycles. The summed E-state index contributed by atoms with van der Waals surface area (Å²) in [5.74, 6) is 1.37. The number of aromatic nitrogens is 3. The third kappa shape index (κ3) is 7.15. The number of fused-ring (bicyclic) bond motifs is 1. The number of hydrogen-bond donors (Lipinski definition) is 2. The molecular weight excluding hydrogens is 694 g/mol. The number of anilines is 3. The van der Waals surface area contributed by atoms with E-state index in [4.69, 9.17) is 28.2 Å². The molecule has 2 amide bonds. The summed E-state index contributed by atoms with van der Waals surface area (Å²) >= 11 is 14.3. The summed E-state index contributed by atoms with van der Waals surface area (Å²) in [6, 6.07) is 13.1. The summed E-state index contributed by atoms with van der Waals surface area (Å²) in [6.07, 6.45) is 7.79. The predicted octanol–water partition coefficient (Wildman–Crippen LogP) is 7.55. The summed E-state index contributed by atoms with van der Waals surface area (Å²) in [6.45, 7) is 7.23. The number of nitrogens with zero attached hydrogens (tertiary/aromatic N) is 4. The highest BCUT2D eigenvalue weighted by atomic mass is 127. The molecule has 2 N–H and O–H groups in total. The van der Waals surface area contributed by atoms with Gasteiger partial charge in [-0.1, -0.05) is 12.1 Å². The van der Waals surface area contributed by atoms with Crippen molar-refractivity contribution in [3.63, 3.8) is 0 Å². The zero-order chi connectivity index (χ0) is 29.9. The van der Waals surface area contributed by atoms with Gasteiger partial charge in [0, 0.05) is 48.6 Å². The Kier molecular flexibility index (Phi) is 10.2. The van der Waals surface area contributed by atoms with Crippen molar-refractivity contribution in [3.05, 3.63) is 66.0 Å². The van der Waals surface area contributed by atoms with Crippen LogP contribution in [0, 0.1) is 13.8 Å². The highest BCUT2D eigenvalue weighted by Crippen LogP contribution is 2.53. The average molecular weight is 730 g/mol. The first-order chi connectivity index (χ1) is 19.4. The SMILES string of the molecule is Cc1cc(N(CCCl)CCCl)ccc1NC(=O)n1c(-n2ccc(NC(=O)C(C)S(C)(C)I)c2)nc2c(C)cccc21. The van der Waals surface area contributed by atoms with Crippen LogP contribution < -0.4 is 15.5 Å². The third-order valence-electron chi connectivity index (χ3n) is 7.00. The van der Waals surface area contributed by atoms with Gasteiger partial charge in [0.15, 0.2) is 0 Å². The van der Waals surface area contributed by atoms with Gasteiger partial charge >= 0.3 is 6.03 Å². The average Bonchev–Trinajstić information content (AvgIpc) is 3.54. The maximum Gasteiger partial charge on any atom is 0.333 e. The molecule has 1 unspecified atom stereocenters. The van der Waals surface area contributed by atoms with Gasteiger partial charge in [0.2, 0.25) is 11.9 Å². The minimum atomic E-state index is -1.09. The number of carbonyl (C=O) groups is 2. The number of para-hydroxylation sites is 1. The van der Waals surface area contributed by atoms with E-state index in [1.807, 2.05) is 63.2 Å². The molecule has 4 aromatic rings. The van der Waals surface area contributed by atoms with Crippen molar-refractivity contribution in [2.45, 2.75) is 26.0 Å². The maximum absolute atomic E-state index is 13.8. The van der Waals surface area contributed by atoms with Gasteiger partial charge in [0.1, 0.15) is 0 Å². The summed E-state index contributed by atoms with van der Waals surface area (Å²) in [5.41, 5.74) is 5.60. The molecule has 1 atom stereocenters. The number of alkyl halides is 2. The van der Waals surface area contributed by atoms with Crippen LogP contribution in [0.4, 0.5) is 21.9 Å². The highest BCUT2D eigenvalue weighted by molar-refractivity contribution is 14.2. The minimum Gasteiger partial charge on any atom is -0.369 e. The van der Waals surface area contributed by atoms with Gasteiger partial charge in [-0.15, -0.1) is 23.2 Å². The number of hydrogen-bond acceptors (Lipinski definition) is 4. The number of nitrogens with one attached hydrogen (secondary N) is 2. The van der Waals surface area contributed by atoms with E-state index in [1.165, 1.54) is 0 Å². The molecule has 0 spiro atoms. The first kappa shape index (κ1) is 31.5. The van der Waals surface area contributed by atoms with Crippen LogP contribution in [0.15, 0.2) is 54.9 Å². The summed E-state index contributed by atoms with van der Waals surface area (Å²) in [5, 5.41) is 5.96. The summed E-state index contributed by atoms with van der Waals surface area (Å²) < 4.78 is 3.32. The van der Waals surface area contributed by atoms with Gasteiger partial charge in [-0.3, -0.25) is 9.36 Å². The topological polar surface area (TPSA) is 84.2 Å². The lowest BCUT2D eigenvalue weighted by Crippen LogP contribution is -2.27. The third-order valence-corrected chi connectivity index (χ3v) is 11.5. The number of rotatable bonds is 10. The van der Waals surface area contributed by atoms with Crippen molar-refractivity contribution in [3.8, 4) is 5.95 Å². The lowest BCUT2D eigenvalue weighted by Gasteiger charge is -2.29. The number of amides is 2. The standard InChI is InChI=1S/C29H35Cl2IN6O2S/c1-19-7-6-8-25-26(19)35-28(37-14-11-22(18-37)33-27(39)21(3)41(4,5)32)38(25)29(40)34-24-10-9-23(17-20(24)2)36(15-12-30)16-13-31/h6-11,14,17-18,21H,12-13,15-16H2,1-5H3,(H,33,39)(H,34,40). The van der Waals surface area contributed by atoms with Gasteiger partial charge < -0.3 is 15.5 Å². The smallest absolute Gasteiger partial charge is 0.333 e. The molecule has 8 nitrogen and oxygen atoms in total. The molecule has 0 radical (unpaired) electrons. The van der Waals surface area contributed by atoms with Crippen molar-refractivity contribution in [2.75, 3.05) is 52.9 Å². The molecule has 0 bridgehead atoms. The second-order valence-corrected chi connectivity index (χ2v) is 21.0. The quantitative estimate of drug-likeness (QED) is 0.131. The molecule has 2 aromatic carbocycles. The molecule has 2 heterocycles. The van der Waals surface area contributed by atoms with E-state index in [0.29, 0.717) is 47.7 Å². The normalized spacial score (nSPS) is 12.8. The second kappa shape index (κ2) is 13.3. The van der Waals surface area contributed by atoms with E-state index >= 15 is 0 Å². The van der Waals surface area contributed by atoms with Crippen molar-refractivity contribution >= 4 is 91.6 Å². The van der Waals surface area contributed by atoms with Gasteiger partial charge in [0.25, 0.3) is 0 Å². The van der Waals surface area contributed by atoms with E-state index in [1.54, 1.807) is 21.5 Å². The number of carbonyl (C=O) groups excluding carboxylic acids is 2. The minimum absolute atomic E-state index is 0.0335. The number of imidazole rings is 1. The van der Waals surface area contributed by atoms with Crippen molar-refractivity contribution < 1.29 is 9.59 Å². The van der Waals surface area contributed by atoms with Gasteiger partial charge in [0.05, 0.1) is 22.0 Å². The van der Waals surface area contributed by atoms with Crippen LogP contribution in [0.1, 0.15) is 18.1 Å². The first-order valence-corrected chi connectivity index (χ1v) is 19.2. The maximum atomic E-state index is 13.8. The molecule has 220 valence electrons. The molecule has 0 saturated heterocycles. The van der Waals surface area contributed by atoms with Gasteiger partial charge in [-0.05, 0) is 95.9 Å². The Morgan fingerprint density at radius 2 is 1.76 bits per heavy atom. The number of aryl methyl sites for hydroxylation is 2. The fourth-order valence-corrected chi connectivity index (χ4v) is 6.09. The van der Waals surface area contributed by atoms with Crippen LogP contribution in [0.2, 0.25) is 0 Å². The largest absolute Gasteiger partial charge is 0.369 e. The van der Waals surface area contributed by atoms with Crippen LogP contribution in [0.5, 0.6) is 0 Å². The number of halogens is 3. The van der Waals surface area contributed by atoms with Crippen molar-refractivity contribution in [1.29, 1.82) is 0 Å². The fraction of sp³-hybridized carbons (Fsp3) is 0.345. The Morgan fingerprint density at radius 1 is 1.05 bits per heavy atom. The molecule has 0 aliphatic carbocycles. The fourth-order valence-electron chi connectivity index (χ4n) is 4.42. The van der Waals surface area contributed by atoms with Crippen LogP contribution in [0.3, 0.4) is 0 Å². The van der Waals surface area contributed by atoms with Crippen molar-refractivity contribution in [2.24, 2.45) is 0 Å². The van der Waals surface area contributed by atoms with E-state index < -0.39 is 7.20 Å². The monoisotopic (exact) mass is 728 g/mol. The van der Waals surface area contributed by atoms with Gasteiger partial charge in [-0.2, -0.15) is 7.20 Å². The molecule has 0 aliphatic heterocycles. The molecule has 4 rings (SSSR count). The molecule has 0 fully saturated rings. The van der Waals surface area contributed by atoms with Crippen molar-refractivity contribution in [1.82, 2.24) is 14.1 Å². The van der Waals surface area contributed by atoms with E-state index in [9.17, 15) is 9.59 Å².